The molecule has 1 aromatic heterocycles. The summed E-state index contributed by atoms with van der Waals surface area (Å²) in [5.74, 6) is 0.615. The summed E-state index contributed by atoms with van der Waals surface area (Å²) in [6, 6.07) is 11.1. The van der Waals surface area contributed by atoms with Crippen LogP contribution in [-0.4, -0.2) is 31.0 Å². The molecule has 0 fully saturated rings. The van der Waals surface area contributed by atoms with Crippen molar-refractivity contribution < 1.29 is 26.3 Å². The first-order chi connectivity index (χ1) is 11.7. The molecule has 132 valence electrons. The van der Waals surface area contributed by atoms with E-state index in [1.165, 1.54) is 24.0 Å². The van der Waals surface area contributed by atoms with Crippen molar-refractivity contribution in [2.45, 2.75) is 5.51 Å². The van der Waals surface area contributed by atoms with Crippen LogP contribution < -0.4 is 9.46 Å². The molecule has 3 aromatic rings. The lowest BCUT2D eigenvalue weighted by atomic mass is 10.1. The molecule has 0 unspecified atom stereocenters. The third-order valence-electron chi connectivity index (χ3n) is 3.40. The highest BCUT2D eigenvalue weighted by molar-refractivity contribution is 7.93. The van der Waals surface area contributed by atoms with Crippen molar-refractivity contribution in [1.29, 1.82) is 0 Å². The monoisotopic (exact) mass is 371 g/mol. The van der Waals surface area contributed by atoms with Crippen molar-refractivity contribution in [2.24, 2.45) is 0 Å². The Bertz CT molecular complexity index is 996. The van der Waals surface area contributed by atoms with Crippen molar-refractivity contribution in [3.8, 4) is 17.1 Å². The summed E-state index contributed by atoms with van der Waals surface area (Å²) in [5.41, 5.74) is -3.71. The molecular weight excluding hydrogens is 359 g/mol. The fourth-order valence-corrected chi connectivity index (χ4v) is 2.80. The van der Waals surface area contributed by atoms with Gasteiger partial charge in [0.15, 0.2) is 0 Å². The number of halogens is 3. The Hall–Kier alpha value is -2.75. The number of H-pyrrole nitrogens is 1. The first-order valence-electron chi connectivity index (χ1n) is 6.93. The van der Waals surface area contributed by atoms with Crippen LogP contribution >= 0.6 is 0 Å². The maximum Gasteiger partial charge on any atom is 0.516 e. The normalized spacial score (nSPS) is 12.3. The fourth-order valence-electron chi connectivity index (χ4n) is 2.24. The summed E-state index contributed by atoms with van der Waals surface area (Å²) in [7, 11) is -4.18. The number of imidazole rings is 1. The lowest BCUT2D eigenvalue weighted by molar-refractivity contribution is -0.0429. The molecule has 2 aromatic carbocycles. The van der Waals surface area contributed by atoms with E-state index in [4.69, 9.17) is 4.74 Å². The van der Waals surface area contributed by atoms with Gasteiger partial charge in [-0.05, 0) is 24.3 Å². The minimum Gasteiger partial charge on any atom is -0.496 e. The number of hydrogen-bond acceptors (Lipinski definition) is 4. The number of anilines is 1. The second-order valence-corrected chi connectivity index (χ2v) is 6.74. The number of methoxy groups -OCH3 is 1. The standard InChI is InChI=1S/C15H12F3N3O3S/c1-24-13-8-9(21-25(22,23)15(16,17)18)6-7-10(13)14-19-11-4-2-3-5-12(11)20-14/h2-8,21H,1H3,(H,19,20). The van der Waals surface area contributed by atoms with E-state index in [1.54, 1.807) is 6.07 Å². The SMILES string of the molecule is COc1cc(NS(=O)(=O)C(F)(F)F)ccc1-c1nc2ccccc2[nH]1. The number of para-hydroxylation sites is 2. The van der Waals surface area contributed by atoms with Gasteiger partial charge in [-0.3, -0.25) is 4.72 Å². The van der Waals surface area contributed by atoms with E-state index in [0.29, 0.717) is 16.9 Å². The number of nitrogens with zero attached hydrogens (tertiary/aromatic N) is 1. The van der Waals surface area contributed by atoms with E-state index in [0.717, 1.165) is 11.6 Å². The average Bonchev–Trinajstić information content (AvgIpc) is 2.97. The molecular formula is C15H12F3N3O3S. The van der Waals surface area contributed by atoms with Crippen molar-refractivity contribution in [3.63, 3.8) is 0 Å². The number of nitrogens with one attached hydrogen (secondary N) is 2. The minimum atomic E-state index is -5.50. The number of ether oxygens (including phenoxy) is 1. The molecule has 0 atom stereocenters. The molecule has 0 saturated carbocycles. The van der Waals surface area contributed by atoms with Gasteiger partial charge in [-0.1, -0.05) is 12.1 Å². The highest BCUT2D eigenvalue weighted by Crippen LogP contribution is 2.33. The Morgan fingerprint density at radius 2 is 1.88 bits per heavy atom. The predicted molar refractivity (Wildman–Crippen MR) is 86.7 cm³/mol. The second-order valence-electron chi connectivity index (χ2n) is 5.07. The van der Waals surface area contributed by atoms with E-state index in [2.05, 4.69) is 9.97 Å². The molecule has 6 nitrogen and oxygen atoms in total. The molecule has 25 heavy (non-hydrogen) atoms. The molecule has 0 aliphatic heterocycles. The number of benzene rings is 2. The lowest BCUT2D eigenvalue weighted by Gasteiger charge is -2.13. The molecule has 3 rings (SSSR count). The van der Waals surface area contributed by atoms with Gasteiger partial charge >= 0.3 is 15.5 Å². The van der Waals surface area contributed by atoms with Gasteiger partial charge in [-0.2, -0.15) is 21.6 Å². The largest absolute Gasteiger partial charge is 0.516 e. The molecule has 1 heterocycles. The van der Waals surface area contributed by atoms with Gasteiger partial charge < -0.3 is 9.72 Å². The molecule has 0 saturated heterocycles. The third-order valence-corrected chi connectivity index (χ3v) is 4.52. The summed E-state index contributed by atoms with van der Waals surface area (Å²) in [5, 5.41) is 0. The Morgan fingerprint density at radius 1 is 1.16 bits per heavy atom. The highest BCUT2D eigenvalue weighted by Gasteiger charge is 2.46. The van der Waals surface area contributed by atoms with Crippen molar-refractivity contribution in [2.75, 3.05) is 11.8 Å². The maximum atomic E-state index is 12.5. The van der Waals surface area contributed by atoms with Crippen LogP contribution in [0.3, 0.4) is 0 Å². The number of hydrogen-bond donors (Lipinski definition) is 2. The number of sulfonamides is 1. The quantitative estimate of drug-likeness (QED) is 0.735. The zero-order valence-electron chi connectivity index (χ0n) is 12.8. The summed E-state index contributed by atoms with van der Waals surface area (Å²) >= 11 is 0. The van der Waals surface area contributed by atoms with Gasteiger partial charge in [0.2, 0.25) is 0 Å². The Morgan fingerprint density at radius 3 is 2.52 bits per heavy atom. The Balaban J connectivity index is 2.00. The third kappa shape index (κ3) is 3.25. The van der Waals surface area contributed by atoms with Gasteiger partial charge in [0.05, 0.1) is 29.4 Å². The molecule has 0 aliphatic carbocycles. The number of aromatic amines is 1. The first kappa shape index (κ1) is 17.1. The van der Waals surface area contributed by atoms with Crippen LogP contribution in [0.4, 0.5) is 18.9 Å². The zero-order chi connectivity index (χ0) is 18.2. The molecule has 0 spiro atoms. The summed E-state index contributed by atoms with van der Waals surface area (Å²) in [6.45, 7) is 0. The number of rotatable bonds is 4. The zero-order valence-corrected chi connectivity index (χ0v) is 13.6. The van der Waals surface area contributed by atoms with Crippen LogP contribution in [0.5, 0.6) is 5.75 Å². The first-order valence-corrected chi connectivity index (χ1v) is 8.42. The topological polar surface area (TPSA) is 84.1 Å². The minimum absolute atomic E-state index is 0.168. The van der Waals surface area contributed by atoms with Crippen LogP contribution in [-0.2, 0) is 10.0 Å². The highest BCUT2D eigenvalue weighted by atomic mass is 32.2. The maximum absolute atomic E-state index is 12.5. The van der Waals surface area contributed by atoms with Crippen molar-refractivity contribution in [3.05, 3.63) is 42.5 Å². The number of alkyl halides is 3. The summed E-state index contributed by atoms with van der Waals surface area (Å²) < 4.78 is 66.4. The van der Waals surface area contributed by atoms with Gasteiger partial charge in [0, 0.05) is 6.07 Å². The Labute approximate surface area is 140 Å². The second kappa shape index (κ2) is 5.96. The molecule has 0 radical (unpaired) electrons. The van der Waals surface area contributed by atoms with E-state index in [-0.39, 0.29) is 11.4 Å². The Kier molecular flexibility index (Phi) is 4.07. The van der Waals surface area contributed by atoms with Crippen molar-refractivity contribution in [1.82, 2.24) is 9.97 Å². The molecule has 0 amide bonds. The van der Waals surface area contributed by atoms with Crippen LogP contribution in [0.15, 0.2) is 42.5 Å². The number of fused-ring (bicyclic) bond motifs is 1. The van der Waals surface area contributed by atoms with Gasteiger partial charge in [0.25, 0.3) is 0 Å². The van der Waals surface area contributed by atoms with Crippen LogP contribution in [0.2, 0.25) is 0 Å². The van der Waals surface area contributed by atoms with Crippen LogP contribution in [0, 0.1) is 0 Å². The average molecular weight is 371 g/mol. The smallest absolute Gasteiger partial charge is 0.496 e. The van der Waals surface area contributed by atoms with E-state index in [1.807, 2.05) is 18.2 Å². The van der Waals surface area contributed by atoms with Gasteiger partial charge in [-0.25, -0.2) is 4.98 Å². The molecule has 2 N–H and O–H groups in total. The van der Waals surface area contributed by atoms with E-state index in [9.17, 15) is 21.6 Å². The summed E-state index contributed by atoms with van der Waals surface area (Å²) in [6.07, 6.45) is 0. The van der Waals surface area contributed by atoms with E-state index >= 15 is 0 Å². The van der Waals surface area contributed by atoms with E-state index < -0.39 is 15.5 Å². The van der Waals surface area contributed by atoms with Crippen molar-refractivity contribution >= 4 is 26.7 Å². The molecule has 0 bridgehead atoms. The molecule has 10 heteroatoms. The van der Waals surface area contributed by atoms with Crippen LogP contribution in [0.25, 0.3) is 22.4 Å². The summed E-state index contributed by atoms with van der Waals surface area (Å²) in [4.78, 5) is 7.45. The van der Waals surface area contributed by atoms with Gasteiger partial charge in [0.1, 0.15) is 11.6 Å². The fraction of sp³-hybridized carbons (Fsp3) is 0.133. The molecule has 0 aliphatic rings. The lowest BCUT2D eigenvalue weighted by Crippen LogP contribution is -2.29. The number of aromatic nitrogens is 2. The predicted octanol–water partition coefficient (Wildman–Crippen LogP) is 3.50. The van der Waals surface area contributed by atoms with Crippen LogP contribution in [0.1, 0.15) is 0 Å². The van der Waals surface area contributed by atoms with Gasteiger partial charge in [-0.15, -0.1) is 0 Å².